The summed E-state index contributed by atoms with van der Waals surface area (Å²) in [6.45, 7) is 5.84. The zero-order valence-corrected chi connectivity index (χ0v) is 9.53. The van der Waals surface area contributed by atoms with Crippen molar-refractivity contribution in [2.75, 3.05) is 0 Å². The second-order valence-corrected chi connectivity index (χ2v) is 3.97. The number of allylic oxidation sites excluding steroid dienone is 1. The highest BCUT2D eigenvalue weighted by Gasteiger charge is 1.97. The summed E-state index contributed by atoms with van der Waals surface area (Å²) in [7, 11) is 0. The van der Waals surface area contributed by atoms with Gasteiger partial charge in [-0.2, -0.15) is 0 Å². The highest BCUT2D eigenvalue weighted by Crippen LogP contribution is 2.20. The summed E-state index contributed by atoms with van der Waals surface area (Å²) >= 11 is 0. The van der Waals surface area contributed by atoms with Crippen molar-refractivity contribution >= 4 is 0 Å². The van der Waals surface area contributed by atoms with Gasteiger partial charge < -0.3 is 0 Å². The molecule has 0 heteroatoms. The largest absolute Gasteiger partial charge is 0.103 e. The highest BCUT2D eigenvalue weighted by molar-refractivity contribution is 5.63. The lowest BCUT2D eigenvalue weighted by Crippen LogP contribution is -1.83. The van der Waals surface area contributed by atoms with Crippen molar-refractivity contribution in [2.45, 2.75) is 13.3 Å². The Kier molecular flexibility index (Phi) is 3.21. The maximum atomic E-state index is 3.74. The first-order chi connectivity index (χ1) is 7.79. The maximum absolute atomic E-state index is 3.74. The normalized spacial score (nSPS) is 10.1. The summed E-state index contributed by atoms with van der Waals surface area (Å²) in [5, 5.41) is 0. The minimum absolute atomic E-state index is 0.928. The monoisotopic (exact) mass is 207 g/mol. The molecule has 1 radical (unpaired) electrons. The standard InChI is InChI=1S/C16H15/c1-3-5-14-8-10-15(11-9-14)16-7-4-6-13(2)12-16/h3-4,6,8-12H,1,5H2,2H3. The molecule has 0 aromatic heterocycles. The van der Waals surface area contributed by atoms with Gasteiger partial charge >= 0.3 is 0 Å². The van der Waals surface area contributed by atoms with Crippen LogP contribution >= 0.6 is 0 Å². The van der Waals surface area contributed by atoms with Crippen LogP contribution in [0.2, 0.25) is 0 Å². The van der Waals surface area contributed by atoms with E-state index in [-0.39, 0.29) is 0 Å². The zero-order chi connectivity index (χ0) is 11.4. The number of hydrogen-bond acceptors (Lipinski definition) is 0. The summed E-state index contributed by atoms with van der Waals surface area (Å²) in [4.78, 5) is 0. The van der Waals surface area contributed by atoms with Crippen LogP contribution in [0.1, 0.15) is 11.1 Å². The molecule has 0 spiro atoms. The molecule has 79 valence electrons. The van der Waals surface area contributed by atoms with E-state index in [0.717, 1.165) is 12.0 Å². The van der Waals surface area contributed by atoms with Gasteiger partial charge in [-0.05, 0) is 36.1 Å². The minimum Gasteiger partial charge on any atom is -0.103 e. The van der Waals surface area contributed by atoms with Gasteiger partial charge in [-0.25, -0.2) is 0 Å². The van der Waals surface area contributed by atoms with Crippen molar-refractivity contribution in [3.8, 4) is 11.1 Å². The predicted molar refractivity (Wildman–Crippen MR) is 69.4 cm³/mol. The molecule has 2 aromatic carbocycles. The lowest BCUT2D eigenvalue weighted by Gasteiger charge is -2.03. The smallest absolute Gasteiger partial charge is 0.00990 e. The van der Waals surface area contributed by atoms with Crippen LogP contribution in [-0.4, -0.2) is 0 Å². The van der Waals surface area contributed by atoms with Crippen molar-refractivity contribution in [3.05, 3.63) is 72.3 Å². The molecule has 0 fully saturated rings. The van der Waals surface area contributed by atoms with Crippen molar-refractivity contribution in [2.24, 2.45) is 0 Å². The number of benzene rings is 2. The molecule has 0 aliphatic heterocycles. The van der Waals surface area contributed by atoms with Gasteiger partial charge in [0.25, 0.3) is 0 Å². The second-order valence-electron chi connectivity index (χ2n) is 3.97. The Bertz CT molecular complexity index is 478. The summed E-state index contributed by atoms with van der Waals surface area (Å²) < 4.78 is 0. The summed E-state index contributed by atoms with van der Waals surface area (Å²) in [6.07, 6.45) is 2.85. The molecule has 0 saturated carbocycles. The van der Waals surface area contributed by atoms with E-state index in [0.29, 0.717) is 0 Å². The highest BCUT2D eigenvalue weighted by atomic mass is 14.0. The number of aryl methyl sites for hydroxylation is 1. The predicted octanol–water partition coefficient (Wildman–Crippen LogP) is 4.19. The third kappa shape index (κ3) is 2.40. The third-order valence-corrected chi connectivity index (χ3v) is 2.60. The molecule has 0 amide bonds. The molecule has 0 unspecified atom stereocenters. The topological polar surface area (TPSA) is 0 Å². The molecule has 0 nitrogen and oxygen atoms in total. The van der Waals surface area contributed by atoms with Gasteiger partial charge in [0.2, 0.25) is 0 Å². The van der Waals surface area contributed by atoms with Gasteiger partial charge in [-0.15, -0.1) is 6.58 Å². The zero-order valence-electron chi connectivity index (χ0n) is 9.53. The van der Waals surface area contributed by atoms with Gasteiger partial charge in [-0.3, -0.25) is 0 Å². The first kappa shape index (κ1) is 10.7. The SMILES string of the molecule is C=CCc1ccc(-c2[c]ccc(C)c2)cc1. The molecule has 16 heavy (non-hydrogen) atoms. The van der Waals surface area contributed by atoms with Crippen LogP contribution < -0.4 is 0 Å². The van der Waals surface area contributed by atoms with Crippen LogP contribution in [0.5, 0.6) is 0 Å². The Morgan fingerprint density at radius 3 is 2.56 bits per heavy atom. The molecule has 0 heterocycles. The summed E-state index contributed by atoms with van der Waals surface area (Å²) in [5.74, 6) is 0. The van der Waals surface area contributed by atoms with E-state index in [9.17, 15) is 0 Å². The quantitative estimate of drug-likeness (QED) is 0.662. The van der Waals surface area contributed by atoms with Gasteiger partial charge in [0.1, 0.15) is 0 Å². The Morgan fingerprint density at radius 1 is 1.19 bits per heavy atom. The van der Waals surface area contributed by atoms with E-state index < -0.39 is 0 Å². The average Bonchev–Trinajstić information content (AvgIpc) is 2.30. The molecule has 2 rings (SSSR count). The number of hydrogen-bond donors (Lipinski definition) is 0. The van der Waals surface area contributed by atoms with Gasteiger partial charge in [0, 0.05) is 0 Å². The third-order valence-electron chi connectivity index (χ3n) is 2.60. The first-order valence-electron chi connectivity index (χ1n) is 5.48. The van der Waals surface area contributed by atoms with Crippen molar-refractivity contribution in [1.29, 1.82) is 0 Å². The fraction of sp³-hybridized carbons (Fsp3) is 0.125. The molecule has 0 atom stereocenters. The molecular weight excluding hydrogens is 192 g/mol. The van der Waals surface area contributed by atoms with Crippen LogP contribution in [-0.2, 0) is 6.42 Å². The van der Waals surface area contributed by atoms with Crippen LogP contribution in [0, 0.1) is 13.0 Å². The Hall–Kier alpha value is -1.82. The van der Waals surface area contributed by atoms with Crippen molar-refractivity contribution in [3.63, 3.8) is 0 Å². The van der Waals surface area contributed by atoms with Crippen LogP contribution in [0.15, 0.2) is 55.1 Å². The minimum atomic E-state index is 0.928. The van der Waals surface area contributed by atoms with E-state index in [1.54, 1.807) is 0 Å². The van der Waals surface area contributed by atoms with Crippen LogP contribution in [0.4, 0.5) is 0 Å². The Morgan fingerprint density at radius 2 is 1.94 bits per heavy atom. The van der Waals surface area contributed by atoms with Gasteiger partial charge in [0.15, 0.2) is 0 Å². The van der Waals surface area contributed by atoms with E-state index in [1.165, 1.54) is 16.7 Å². The van der Waals surface area contributed by atoms with E-state index in [4.69, 9.17) is 0 Å². The molecule has 0 bridgehead atoms. The van der Waals surface area contributed by atoms with Crippen molar-refractivity contribution < 1.29 is 0 Å². The fourth-order valence-electron chi connectivity index (χ4n) is 1.73. The number of rotatable bonds is 3. The molecular formula is C16H15. The van der Waals surface area contributed by atoms with E-state index in [2.05, 4.69) is 56.0 Å². The van der Waals surface area contributed by atoms with Gasteiger partial charge in [0.05, 0.1) is 0 Å². The molecule has 0 N–H and O–H groups in total. The summed E-state index contributed by atoms with van der Waals surface area (Å²) in [6, 6.07) is 18.0. The molecule has 0 aliphatic rings. The lowest BCUT2D eigenvalue weighted by atomic mass is 10.0. The van der Waals surface area contributed by atoms with E-state index in [1.807, 2.05) is 12.1 Å². The van der Waals surface area contributed by atoms with Gasteiger partial charge in [-0.1, -0.05) is 54.1 Å². The maximum Gasteiger partial charge on any atom is -0.00990 e. The Balaban J connectivity index is 2.31. The lowest BCUT2D eigenvalue weighted by molar-refractivity contribution is 1.28. The summed E-state index contributed by atoms with van der Waals surface area (Å²) in [5.41, 5.74) is 4.94. The fourth-order valence-corrected chi connectivity index (χ4v) is 1.73. The van der Waals surface area contributed by atoms with Crippen LogP contribution in [0.25, 0.3) is 11.1 Å². The molecule has 0 aliphatic carbocycles. The molecule has 0 saturated heterocycles. The van der Waals surface area contributed by atoms with E-state index >= 15 is 0 Å². The average molecular weight is 207 g/mol. The second kappa shape index (κ2) is 4.80. The molecule has 2 aromatic rings. The Labute approximate surface area is 97.3 Å². The van der Waals surface area contributed by atoms with Crippen LogP contribution in [0.3, 0.4) is 0 Å². The first-order valence-corrected chi connectivity index (χ1v) is 5.48. The van der Waals surface area contributed by atoms with Crippen molar-refractivity contribution in [1.82, 2.24) is 0 Å².